The van der Waals surface area contributed by atoms with Crippen molar-refractivity contribution in [1.82, 2.24) is 0 Å². The van der Waals surface area contributed by atoms with Crippen LogP contribution in [0.4, 0.5) is 5.69 Å². The van der Waals surface area contributed by atoms with E-state index in [-0.39, 0.29) is 11.5 Å². The van der Waals surface area contributed by atoms with Crippen molar-refractivity contribution >= 4 is 30.7 Å². The first-order valence-corrected chi connectivity index (χ1v) is 8.93. The Hall–Kier alpha value is -0.323. The molecule has 1 aromatic carbocycles. The second-order valence-electron chi connectivity index (χ2n) is 5.55. The molecule has 0 aliphatic heterocycles. The smallest absolute Gasteiger partial charge is 0.205 e. The first-order chi connectivity index (χ1) is 7.71. The van der Waals surface area contributed by atoms with Gasteiger partial charge in [0.1, 0.15) is 0 Å². The maximum absolute atomic E-state index is 6.14. The number of benzene rings is 1. The monoisotopic (exact) mass is 314 g/mol. The lowest BCUT2D eigenvalue weighted by atomic mass is 9.84. The van der Waals surface area contributed by atoms with Gasteiger partial charge >= 0.3 is 0 Å². The average molecular weight is 315 g/mol. The zero-order valence-electron chi connectivity index (χ0n) is 11.2. The summed E-state index contributed by atoms with van der Waals surface area (Å²) in [4.78, 5) is 0. The van der Waals surface area contributed by atoms with Crippen LogP contribution >= 0.6 is 15.9 Å². The molecule has 1 radical (unpaired) electrons. The van der Waals surface area contributed by atoms with Crippen LogP contribution < -0.4 is 5.73 Å². The Balaban J connectivity index is 3.17. The first-order valence-electron chi connectivity index (χ1n) is 5.73. The lowest BCUT2D eigenvalue weighted by Crippen LogP contribution is -2.26. The molecule has 0 heterocycles. The molecule has 0 fully saturated rings. The van der Waals surface area contributed by atoms with Gasteiger partial charge in [-0.25, -0.2) is 0 Å². The van der Waals surface area contributed by atoms with E-state index in [4.69, 9.17) is 10.2 Å². The third-order valence-corrected chi connectivity index (χ3v) is 3.67. The Morgan fingerprint density at radius 2 is 1.88 bits per heavy atom. The van der Waals surface area contributed by atoms with Crippen LogP contribution in [0.15, 0.2) is 22.7 Å². The Bertz CT molecular complexity index is 387. The summed E-state index contributed by atoms with van der Waals surface area (Å²) in [5, 5.41) is 0. The molecule has 1 aromatic rings. The third-order valence-electron chi connectivity index (χ3n) is 2.47. The molecule has 1 unspecified atom stereocenters. The maximum atomic E-state index is 6.14. The highest BCUT2D eigenvalue weighted by molar-refractivity contribution is 9.10. The molecule has 0 amide bonds. The summed E-state index contributed by atoms with van der Waals surface area (Å²) >= 11 is 3.49. The fourth-order valence-electron chi connectivity index (χ4n) is 1.72. The van der Waals surface area contributed by atoms with Crippen LogP contribution in [0, 0.1) is 5.41 Å². The maximum Gasteiger partial charge on any atom is 0.205 e. The highest BCUT2D eigenvalue weighted by Gasteiger charge is 2.29. The fourth-order valence-corrected chi connectivity index (χ4v) is 3.05. The van der Waals surface area contributed by atoms with Crippen molar-refractivity contribution in [3.05, 3.63) is 28.2 Å². The predicted molar refractivity (Wildman–Crippen MR) is 79.3 cm³/mol. The van der Waals surface area contributed by atoms with Crippen LogP contribution in [0.2, 0.25) is 13.1 Å². The standard InChI is InChI=1S/C13H21BrNOSi/c1-13(2,3)12(16-17(4)5)10-8-9(14)6-7-11(10)15/h6-8,12H,15H2,1-5H3. The molecular formula is C13H21BrNOSi. The molecule has 4 heteroatoms. The average Bonchev–Trinajstić information content (AvgIpc) is 2.16. The minimum Gasteiger partial charge on any atom is -0.410 e. The quantitative estimate of drug-likeness (QED) is 0.663. The largest absolute Gasteiger partial charge is 0.410 e. The summed E-state index contributed by atoms with van der Waals surface area (Å²) in [6, 6.07) is 5.96. The SMILES string of the molecule is C[Si](C)OC(c1cc(Br)ccc1N)C(C)(C)C. The number of hydrogen-bond donors (Lipinski definition) is 1. The summed E-state index contributed by atoms with van der Waals surface area (Å²) in [6.45, 7) is 10.9. The van der Waals surface area contributed by atoms with E-state index in [1.165, 1.54) is 0 Å². The van der Waals surface area contributed by atoms with Crippen molar-refractivity contribution in [2.45, 2.75) is 40.0 Å². The summed E-state index contributed by atoms with van der Waals surface area (Å²) in [6.07, 6.45) is 0.0453. The Morgan fingerprint density at radius 3 is 2.35 bits per heavy atom. The van der Waals surface area contributed by atoms with Crippen LogP contribution in [-0.4, -0.2) is 9.04 Å². The zero-order chi connectivity index (χ0) is 13.2. The molecule has 2 N–H and O–H groups in total. The highest BCUT2D eigenvalue weighted by Crippen LogP contribution is 2.39. The molecule has 0 aliphatic rings. The number of nitrogen functional groups attached to an aromatic ring is 1. The van der Waals surface area contributed by atoms with Gasteiger partial charge in [0.25, 0.3) is 0 Å². The van der Waals surface area contributed by atoms with Crippen LogP contribution in [0.1, 0.15) is 32.4 Å². The van der Waals surface area contributed by atoms with Crippen LogP contribution in [0.5, 0.6) is 0 Å². The van der Waals surface area contributed by atoms with Gasteiger partial charge in [-0.15, -0.1) is 0 Å². The molecule has 1 rings (SSSR count). The van der Waals surface area contributed by atoms with Crippen molar-refractivity contribution in [3.63, 3.8) is 0 Å². The summed E-state index contributed by atoms with van der Waals surface area (Å²) in [5.41, 5.74) is 8.00. The zero-order valence-corrected chi connectivity index (χ0v) is 13.8. The molecule has 0 saturated carbocycles. The van der Waals surface area contributed by atoms with Gasteiger partial charge in [-0.2, -0.15) is 0 Å². The molecule has 0 aliphatic carbocycles. The molecule has 17 heavy (non-hydrogen) atoms. The van der Waals surface area contributed by atoms with Crippen molar-refractivity contribution in [3.8, 4) is 0 Å². The molecule has 0 bridgehead atoms. The number of anilines is 1. The first kappa shape index (κ1) is 14.7. The Morgan fingerprint density at radius 1 is 1.29 bits per heavy atom. The van der Waals surface area contributed by atoms with Crippen molar-refractivity contribution in [1.29, 1.82) is 0 Å². The van der Waals surface area contributed by atoms with Gasteiger partial charge in [0.15, 0.2) is 0 Å². The number of rotatable bonds is 3. The molecule has 95 valence electrons. The van der Waals surface area contributed by atoms with E-state index in [1.807, 2.05) is 12.1 Å². The number of hydrogen-bond acceptors (Lipinski definition) is 2. The second kappa shape index (κ2) is 5.55. The number of halogens is 1. The number of nitrogens with two attached hydrogens (primary N) is 1. The normalized spacial score (nSPS) is 14.1. The van der Waals surface area contributed by atoms with Gasteiger partial charge in [0.05, 0.1) is 6.10 Å². The van der Waals surface area contributed by atoms with Gasteiger partial charge in [-0.05, 0) is 36.7 Å². The van der Waals surface area contributed by atoms with Gasteiger partial charge in [-0.3, -0.25) is 0 Å². The van der Waals surface area contributed by atoms with E-state index in [0.717, 1.165) is 15.7 Å². The van der Waals surface area contributed by atoms with Gasteiger partial charge in [0, 0.05) is 15.7 Å². The molecule has 0 spiro atoms. The van der Waals surface area contributed by atoms with Gasteiger partial charge < -0.3 is 10.2 Å². The fraction of sp³-hybridized carbons (Fsp3) is 0.538. The van der Waals surface area contributed by atoms with Crippen LogP contribution in [0.25, 0.3) is 0 Å². The van der Waals surface area contributed by atoms with E-state index in [0.29, 0.717) is 0 Å². The van der Waals surface area contributed by atoms with E-state index >= 15 is 0 Å². The van der Waals surface area contributed by atoms with Gasteiger partial charge in [-0.1, -0.05) is 36.7 Å². The van der Waals surface area contributed by atoms with Crippen molar-refractivity contribution in [2.24, 2.45) is 5.41 Å². The topological polar surface area (TPSA) is 35.2 Å². The van der Waals surface area contributed by atoms with Crippen molar-refractivity contribution < 1.29 is 4.43 Å². The van der Waals surface area contributed by atoms with Crippen LogP contribution in [-0.2, 0) is 4.43 Å². The lowest BCUT2D eigenvalue weighted by Gasteiger charge is -2.33. The molecule has 2 nitrogen and oxygen atoms in total. The Labute approximate surface area is 114 Å². The predicted octanol–water partition coefficient (Wildman–Crippen LogP) is 4.39. The third kappa shape index (κ3) is 4.12. The minimum atomic E-state index is -0.763. The summed E-state index contributed by atoms with van der Waals surface area (Å²) in [7, 11) is -0.763. The lowest BCUT2D eigenvalue weighted by molar-refractivity contribution is 0.0872. The van der Waals surface area contributed by atoms with Crippen LogP contribution in [0.3, 0.4) is 0 Å². The summed E-state index contributed by atoms with van der Waals surface area (Å²) in [5.74, 6) is 0. The van der Waals surface area contributed by atoms with Crippen molar-refractivity contribution in [2.75, 3.05) is 5.73 Å². The summed E-state index contributed by atoms with van der Waals surface area (Å²) < 4.78 is 7.18. The minimum absolute atomic E-state index is 0.0385. The van der Waals surface area contributed by atoms with E-state index in [9.17, 15) is 0 Å². The molecule has 1 atom stereocenters. The second-order valence-corrected chi connectivity index (χ2v) is 8.51. The molecule has 0 saturated heterocycles. The Kier molecular flexibility index (Phi) is 4.81. The van der Waals surface area contributed by atoms with Gasteiger partial charge in [0.2, 0.25) is 9.04 Å². The van der Waals surface area contributed by atoms with E-state index in [2.05, 4.69) is 55.9 Å². The molecular weight excluding hydrogens is 294 g/mol. The van der Waals surface area contributed by atoms with E-state index < -0.39 is 9.04 Å². The van der Waals surface area contributed by atoms with E-state index in [1.54, 1.807) is 0 Å². The highest BCUT2D eigenvalue weighted by atomic mass is 79.9. The molecule has 0 aromatic heterocycles.